The summed E-state index contributed by atoms with van der Waals surface area (Å²) in [5.74, 6) is 1.10. The minimum atomic E-state index is -3.02. The van der Waals surface area contributed by atoms with Gasteiger partial charge in [0.2, 0.25) is 0 Å². The number of amides is 1. The Morgan fingerprint density at radius 3 is 2.65 bits per heavy atom. The smallest absolute Gasteiger partial charge is 0.274 e. The Kier molecular flexibility index (Phi) is 5.56. The summed E-state index contributed by atoms with van der Waals surface area (Å²) in [5, 5.41) is 11.1. The first-order chi connectivity index (χ1) is 10.8. The van der Waals surface area contributed by atoms with E-state index in [-0.39, 0.29) is 29.1 Å². The minimum absolute atomic E-state index is 0.0253. The van der Waals surface area contributed by atoms with Crippen molar-refractivity contribution < 1.29 is 13.2 Å². The van der Waals surface area contributed by atoms with E-state index in [9.17, 15) is 13.2 Å². The van der Waals surface area contributed by atoms with E-state index in [1.54, 1.807) is 19.2 Å². The zero-order valence-corrected chi connectivity index (χ0v) is 14.6. The van der Waals surface area contributed by atoms with E-state index >= 15 is 0 Å². The number of rotatable bonds is 6. The third-order valence-corrected chi connectivity index (χ3v) is 5.74. The molecule has 1 aliphatic heterocycles. The first-order valence-corrected chi connectivity index (χ1v) is 9.66. The number of carbonyl (C=O) groups excluding carboxylic acids is 1. The van der Waals surface area contributed by atoms with Gasteiger partial charge in [-0.3, -0.25) is 4.79 Å². The van der Waals surface area contributed by atoms with Crippen LogP contribution in [0.15, 0.2) is 12.1 Å². The fourth-order valence-corrected chi connectivity index (χ4v) is 4.23. The van der Waals surface area contributed by atoms with Crippen molar-refractivity contribution in [3.8, 4) is 0 Å². The van der Waals surface area contributed by atoms with Gasteiger partial charge in [0.25, 0.3) is 5.91 Å². The predicted octanol–water partition coefficient (Wildman–Crippen LogP) is 1.19. The van der Waals surface area contributed by atoms with Gasteiger partial charge in [-0.1, -0.05) is 13.8 Å². The van der Waals surface area contributed by atoms with Crippen molar-refractivity contribution in [2.75, 3.05) is 30.4 Å². The highest BCUT2D eigenvalue weighted by Crippen LogP contribution is 2.18. The van der Waals surface area contributed by atoms with E-state index in [1.165, 1.54) is 4.90 Å². The van der Waals surface area contributed by atoms with Crippen LogP contribution in [0.1, 0.15) is 37.2 Å². The summed E-state index contributed by atoms with van der Waals surface area (Å²) in [5.41, 5.74) is 0.228. The van der Waals surface area contributed by atoms with Gasteiger partial charge in [-0.2, -0.15) is 0 Å². The molecule has 128 valence electrons. The van der Waals surface area contributed by atoms with Crippen molar-refractivity contribution >= 4 is 21.6 Å². The summed E-state index contributed by atoms with van der Waals surface area (Å²) in [6, 6.07) is 3.06. The van der Waals surface area contributed by atoms with Crippen LogP contribution < -0.4 is 5.32 Å². The molecule has 0 saturated carbocycles. The third-order valence-electron chi connectivity index (χ3n) is 3.99. The zero-order chi connectivity index (χ0) is 17.0. The lowest BCUT2D eigenvalue weighted by atomic mass is 10.1. The number of carbonyl (C=O) groups is 1. The van der Waals surface area contributed by atoms with Gasteiger partial charge in [0.15, 0.2) is 15.5 Å². The van der Waals surface area contributed by atoms with E-state index in [2.05, 4.69) is 29.4 Å². The van der Waals surface area contributed by atoms with Gasteiger partial charge < -0.3 is 10.2 Å². The Labute approximate surface area is 137 Å². The van der Waals surface area contributed by atoms with Crippen LogP contribution in [0.3, 0.4) is 0 Å². The number of sulfone groups is 1. The van der Waals surface area contributed by atoms with Gasteiger partial charge in [0.05, 0.1) is 11.5 Å². The van der Waals surface area contributed by atoms with Crippen LogP contribution in [0.4, 0.5) is 5.82 Å². The van der Waals surface area contributed by atoms with Crippen molar-refractivity contribution in [2.45, 2.75) is 32.7 Å². The molecule has 1 aliphatic rings. The highest BCUT2D eigenvalue weighted by atomic mass is 32.2. The van der Waals surface area contributed by atoms with Crippen LogP contribution >= 0.6 is 0 Å². The van der Waals surface area contributed by atoms with Gasteiger partial charge in [-0.25, -0.2) is 8.42 Å². The zero-order valence-electron chi connectivity index (χ0n) is 13.8. The van der Waals surface area contributed by atoms with Crippen molar-refractivity contribution in [1.82, 2.24) is 15.1 Å². The normalized spacial score (nSPS) is 19.7. The average Bonchev–Trinajstić information content (AvgIpc) is 2.86. The van der Waals surface area contributed by atoms with Crippen molar-refractivity contribution in [2.24, 2.45) is 5.92 Å². The number of hydrogen-bond acceptors (Lipinski definition) is 6. The molecule has 0 bridgehead atoms. The predicted molar refractivity (Wildman–Crippen MR) is 89.1 cm³/mol. The Morgan fingerprint density at radius 2 is 2.13 bits per heavy atom. The van der Waals surface area contributed by atoms with Crippen LogP contribution in [0.2, 0.25) is 0 Å². The summed E-state index contributed by atoms with van der Waals surface area (Å²) >= 11 is 0. The maximum Gasteiger partial charge on any atom is 0.274 e. The first kappa shape index (κ1) is 17.7. The fourth-order valence-electron chi connectivity index (χ4n) is 2.46. The number of hydrogen-bond donors (Lipinski definition) is 1. The maximum absolute atomic E-state index is 12.4. The Bertz CT molecular complexity index is 643. The molecule has 0 aliphatic carbocycles. The SMILES string of the molecule is CC(C)CCNc1ccc(C(=O)N(C)C2CCS(=O)(=O)C2)nn1. The van der Waals surface area contributed by atoms with E-state index in [1.807, 2.05) is 0 Å². The summed E-state index contributed by atoms with van der Waals surface area (Å²) in [4.78, 5) is 13.8. The number of nitrogens with zero attached hydrogens (tertiary/aromatic N) is 3. The summed E-state index contributed by atoms with van der Waals surface area (Å²) in [6.45, 7) is 5.10. The molecule has 1 unspecified atom stereocenters. The van der Waals surface area contributed by atoms with E-state index in [4.69, 9.17) is 0 Å². The minimum Gasteiger partial charge on any atom is -0.369 e. The van der Waals surface area contributed by atoms with Gasteiger partial charge >= 0.3 is 0 Å². The monoisotopic (exact) mass is 340 g/mol. The standard InChI is InChI=1S/C15H24N4O3S/c1-11(2)6-8-16-14-5-4-13(17-18-14)15(20)19(3)12-7-9-23(21,22)10-12/h4-5,11-12H,6-10H2,1-3H3,(H,16,18). The summed E-state index contributed by atoms with van der Waals surface area (Å²) in [7, 11) is -1.40. The molecule has 1 amide bonds. The highest BCUT2D eigenvalue weighted by molar-refractivity contribution is 7.91. The van der Waals surface area contributed by atoms with Gasteiger partial charge in [0.1, 0.15) is 5.82 Å². The molecule has 7 nitrogen and oxygen atoms in total. The van der Waals surface area contributed by atoms with Gasteiger partial charge in [-0.15, -0.1) is 10.2 Å². The quantitative estimate of drug-likeness (QED) is 0.836. The Morgan fingerprint density at radius 1 is 1.39 bits per heavy atom. The number of anilines is 1. The largest absolute Gasteiger partial charge is 0.369 e. The van der Waals surface area contributed by atoms with Crippen LogP contribution in [-0.2, 0) is 9.84 Å². The second-order valence-corrected chi connectivity index (χ2v) is 8.61. The molecule has 8 heteroatoms. The Balaban J connectivity index is 1.94. The summed E-state index contributed by atoms with van der Waals surface area (Å²) in [6.07, 6.45) is 1.51. The number of aromatic nitrogens is 2. The van der Waals surface area contributed by atoms with E-state index in [0.717, 1.165) is 13.0 Å². The topological polar surface area (TPSA) is 92.3 Å². The van der Waals surface area contributed by atoms with Crippen LogP contribution in [0.25, 0.3) is 0 Å². The van der Waals surface area contributed by atoms with E-state index < -0.39 is 9.84 Å². The fraction of sp³-hybridized carbons (Fsp3) is 0.667. The molecule has 0 aromatic carbocycles. The van der Waals surface area contributed by atoms with Crippen LogP contribution in [-0.4, -0.2) is 60.6 Å². The molecule has 1 fully saturated rings. The lowest BCUT2D eigenvalue weighted by Gasteiger charge is -2.22. The molecule has 23 heavy (non-hydrogen) atoms. The third kappa shape index (κ3) is 4.89. The lowest BCUT2D eigenvalue weighted by Crippen LogP contribution is -2.38. The molecule has 0 spiro atoms. The molecule has 0 radical (unpaired) electrons. The van der Waals surface area contributed by atoms with Crippen molar-refractivity contribution in [1.29, 1.82) is 0 Å². The highest BCUT2D eigenvalue weighted by Gasteiger charge is 2.33. The molecular formula is C15H24N4O3S. The van der Waals surface area contributed by atoms with Gasteiger partial charge in [0, 0.05) is 19.6 Å². The Hall–Kier alpha value is -1.70. The van der Waals surface area contributed by atoms with Crippen LogP contribution in [0, 0.1) is 5.92 Å². The second-order valence-electron chi connectivity index (χ2n) is 6.39. The molecule has 2 heterocycles. The van der Waals surface area contributed by atoms with Gasteiger partial charge in [-0.05, 0) is 30.9 Å². The average molecular weight is 340 g/mol. The summed E-state index contributed by atoms with van der Waals surface area (Å²) < 4.78 is 23.0. The molecule has 1 saturated heterocycles. The first-order valence-electron chi connectivity index (χ1n) is 7.83. The molecule has 1 aromatic heterocycles. The lowest BCUT2D eigenvalue weighted by molar-refractivity contribution is 0.0740. The molecule has 1 atom stereocenters. The van der Waals surface area contributed by atoms with Crippen molar-refractivity contribution in [3.63, 3.8) is 0 Å². The number of nitrogens with one attached hydrogen (secondary N) is 1. The van der Waals surface area contributed by atoms with Crippen LogP contribution in [0.5, 0.6) is 0 Å². The molecular weight excluding hydrogens is 316 g/mol. The molecule has 1 aromatic rings. The van der Waals surface area contributed by atoms with Crippen molar-refractivity contribution in [3.05, 3.63) is 17.8 Å². The van der Waals surface area contributed by atoms with E-state index in [0.29, 0.717) is 18.2 Å². The molecule has 1 N–H and O–H groups in total. The second kappa shape index (κ2) is 7.25. The molecule has 2 rings (SSSR count). The maximum atomic E-state index is 12.4.